The molecule has 1 unspecified atom stereocenters. The van der Waals surface area contributed by atoms with E-state index in [1.54, 1.807) is 36.4 Å². The normalized spacial score (nSPS) is 17.2. The van der Waals surface area contributed by atoms with Gasteiger partial charge in [-0.25, -0.2) is 9.18 Å². The van der Waals surface area contributed by atoms with Gasteiger partial charge in [-0.15, -0.1) is 0 Å². The van der Waals surface area contributed by atoms with Gasteiger partial charge in [-0.3, -0.25) is 0 Å². The van der Waals surface area contributed by atoms with Crippen LogP contribution < -0.4 is 4.74 Å². The Labute approximate surface area is 103 Å². The van der Waals surface area contributed by atoms with Crippen molar-refractivity contribution in [2.24, 2.45) is 0 Å². The van der Waals surface area contributed by atoms with Crippen LogP contribution in [0.4, 0.5) is 4.39 Å². The first-order chi connectivity index (χ1) is 8.75. The number of hydrogen-bond donors (Lipinski definition) is 0. The van der Waals surface area contributed by atoms with Crippen LogP contribution in [0.3, 0.4) is 0 Å². The highest BCUT2D eigenvalue weighted by Crippen LogP contribution is 2.33. The molecule has 1 atom stereocenters. The summed E-state index contributed by atoms with van der Waals surface area (Å²) in [5, 5.41) is 0. The summed E-state index contributed by atoms with van der Waals surface area (Å²) in [5.41, 5.74) is 1.07. The van der Waals surface area contributed by atoms with E-state index in [-0.39, 0.29) is 5.75 Å². The molecule has 0 radical (unpaired) electrons. The van der Waals surface area contributed by atoms with E-state index in [1.807, 2.05) is 0 Å². The lowest BCUT2D eigenvalue weighted by Gasteiger charge is -2.13. The van der Waals surface area contributed by atoms with Gasteiger partial charge in [0, 0.05) is 5.56 Å². The summed E-state index contributed by atoms with van der Waals surface area (Å²) in [6, 6.07) is 12.9. The molecule has 1 aliphatic rings. The van der Waals surface area contributed by atoms with Gasteiger partial charge < -0.3 is 9.47 Å². The summed E-state index contributed by atoms with van der Waals surface area (Å²) in [4.78, 5) is 11.6. The molecule has 0 aromatic heterocycles. The highest BCUT2D eigenvalue weighted by Gasteiger charge is 2.32. The average Bonchev–Trinajstić information content (AvgIpc) is 2.70. The lowest BCUT2D eigenvalue weighted by atomic mass is 10.1. The van der Waals surface area contributed by atoms with E-state index in [9.17, 15) is 9.18 Å². The summed E-state index contributed by atoms with van der Waals surface area (Å²) in [6.07, 6.45) is -0.884. The van der Waals surface area contributed by atoms with Crippen LogP contribution in [-0.2, 0) is 4.74 Å². The van der Waals surface area contributed by atoms with Crippen LogP contribution in [0.1, 0.15) is 22.2 Å². The minimum Gasteiger partial charge on any atom is -0.447 e. The quantitative estimate of drug-likeness (QED) is 0.761. The van der Waals surface area contributed by atoms with Crippen molar-refractivity contribution in [1.29, 1.82) is 0 Å². The molecule has 0 amide bonds. The Hall–Kier alpha value is -2.36. The fraction of sp³-hybridized carbons (Fsp3) is 0.0714. The Kier molecular flexibility index (Phi) is 2.48. The van der Waals surface area contributed by atoms with Crippen LogP contribution in [0.5, 0.6) is 5.75 Å². The molecule has 90 valence electrons. The van der Waals surface area contributed by atoms with E-state index in [4.69, 9.17) is 9.47 Å². The first-order valence-electron chi connectivity index (χ1n) is 5.47. The van der Waals surface area contributed by atoms with Crippen molar-refractivity contribution in [2.45, 2.75) is 6.29 Å². The zero-order chi connectivity index (χ0) is 12.5. The molecule has 1 heterocycles. The standard InChI is InChI=1S/C14H9FO3/c15-11-7-3-4-8-12(11)17-14-10-6-2-1-5-9(10)13(16)18-14/h1-8,14H. The van der Waals surface area contributed by atoms with Gasteiger partial charge in [0.2, 0.25) is 0 Å². The number of carbonyl (C=O) groups excluding carboxylic acids is 1. The van der Waals surface area contributed by atoms with Crippen molar-refractivity contribution in [2.75, 3.05) is 0 Å². The smallest absolute Gasteiger partial charge is 0.342 e. The molecule has 0 bridgehead atoms. The molecule has 2 aromatic rings. The number of esters is 1. The molecule has 0 aliphatic carbocycles. The average molecular weight is 244 g/mol. The van der Waals surface area contributed by atoms with Gasteiger partial charge >= 0.3 is 5.97 Å². The number of para-hydroxylation sites is 1. The van der Waals surface area contributed by atoms with Gasteiger partial charge in [0.15, 0.2) is 11.6 Å². The maximum Gasteiger partial charge on any atom is 0.342 e. The monoisotopic (exact) mass is 244 g/mol. The Morgan fingerprint density at radius 1 is 1.06 bits per heavy atom. The number of rotatable bonds is 2. The predicted molar refractivity (Wildman–Crippen MR) is 61.6 cm³/mol. The van der Waals surface area contributed by atoms with Gasteiger partial charge in [-0.1, -0.05) is 30.3 Å². The number of ether oxygens (including phenoxy) is 2. The van der Waals surface area contributed by atoms with Crippen LogP contribution in [0.15, 0.2) is 48.5 Å². The molecule has 1 aliphatic heterocycles. The molecule has 0 spiro atoms. The molecule has 0 saturated carbocycles. The van der Waals surface area contributed by atoms with Crippen LogP contribution in [-0.4, -0.2) is 5.97 Å². The lowest BCUT2D eigenvalue weighted by Crippen LogP contribution is -2.07. The first kappa shape index (κ1) is 10.8. The minimum absolute atomic E-state index is 0.0620. The van der Waals surface area contributed by atoms with Crippen LogP contribution in [0, 0.1) is 5.82 Å². The second-order valence-corrected chi connectivity index (χ2v) is 3.87. The number of halogens is 1. The summed E-state index contributed by atoms with van der Waals surface area (Å²) in [5.74, 6) is -0.878. The third kappa shape index (κ3) is 1.72. The zero-order valence-electron chi connectivity index (χ0n) is 9.30. The predicted octanol–water partition coefficient (Wildman–Crippen LogP) is 3.07. The zero-order valence-corrected chi connectivity index (χ0v) is 9.30. The fourth-order valence-corrected chi connectivity index (χ4v) is 1.86. The molecular formula is C14H9FO3. The highest BCUT2D eigenvalue weighted by atomic mass is 19.1. The third-order valence-corrected chi connectivity index (χ3v) is 2.72. The van der Waals surface area contributed by atoms with E-state index < -0.39 is 18.1 Å². The number of benzene rings is 2. The van der Waals surface area contributed by atoms with Gasteiger partial charge in [0.25, 0.3) is 6.29 Å². The Bertz CT molecular complexity index is 609. The number of hydrogen-bond acceptors (Lipinski definition) is 3. The second kappa shape index (κ2) is 4.14. The van der Waals surface area contributed by atoms with E-state index in [0.29, 0.717) is 11.1 Å². The molecule has 0 N–H and O–H groups in total. The number of fused-ring (bicyclic) bond motifs is 1. The van der Waals surface area contributed by atoms with Crippen molar-refractivity contribution in [3.8, 4) is 5.75 Å². The van der Waals surface area contributed by atoms with Gasteiger partial charge in [-0.05, 0) is 18.2 Å². The Morgan fingerprint density at radius 3 is 2.61 bits per heavy atom. The molecular weight excluding hydrogens is 235 g/mol. The summed E-state index contributed by atoms with van der Waals surface area (Å²) in [6.45, 7) is 0. The highest BCUT2D eigenvalue weighted by molar-refractivity contribution is 5.93. The van der Waals surface area contributed by atoms with Crippen molar-refractivity contribution in [1.82, 2.24) is 0 Å². The van der Waals surface area contributed by atoms with E-state index in [0.717, 1.165) is 0 Å². The topological polar surface area (TPSA) is 35.5 Å². The van der Waals surface area contributed by atoms with Crippen LogP contribution in [0.2, 0.25) is 0 Å². The number of carbonyl (C=O) groups is 1. The van der Waals surface area contributed by atoms with Crippen molar-refractivity contribution in [3.05, 3.63) is 65.5 Å². The molecule has 0 fully saturated rings. The fourth-order valence-electron chi connectivity index (χ4n) is 1.86. The van der Waals surface area contributed by atoms with Crippen molar-refractivity contribution < 1.29 is 18.7 Å². The van der Waals surface area contributed by atoms with E-state index in [1.165, 1.54) is 12.1 Å². The maximum absolute atomic E-state index is 13.5. The first-order valence-corrected chi connectivity index (χ1v) is 5.47. The van der Waals surface area contributed by atoms with Crippen LogP contribution >= 0.6 is 0 Å². The lowest BCUT2D eigenvalue weighted by molar-refractivity contribution is -0.0399. The maximum atomic E-state index is 13.5. The molecule has 2 aromatic carbocycles. The molecule has 0 saturated heterocycles. The Balaban J connectivity index is 1.92. The molecule has 4 heteroatoms. The molecule has 18 heavy (non-hydrogen) atoms. The van der Waals surface area contributed by atoms with Gasteiger partial charge in [0.1, 0.15) is 0 Å². The summed E-state index contributed by atoms with van der Waals surface area (Å²) >= 11 is 0. The van der Waals surface area contributed by atoms with Crippen molar-refractivity contribution in [3.63, 3.8) is 0 Å². The second-order valence-electron chi connectivity index (χ2n) is 3.87. The Morgan fingerprint density at radius 2 is 1.78 bits per heavy atom. The van der Waals surface area contributed by atoms with E-state index in [2.05, 4.69) is 0 Å². The molecule has 3 rings (SSSR count). The third-order valence-electron chi connectivity index (χ3n) is 2.72. The summed E-state index contributed by atoms with van der Waals surface area (Å²) < 4.78 is 23.9. The largest absolute Gasteiger partial charge is 0.447 e. The minimum atomic E-state index is -0.884. The SMILES string of the molecule is O=C1OC(Oc2ccccc2F)c2ccccc21. The van der Waals surface area contributed by atoms with E-state index >= 15 is 0 Å². The number of cyclic esters (lactones) is 1. The van der Waals surface area contributed by atoms with Crippen molar-refractivity contribution >= 4 is 5.97 Å². The van der Waals surface area contributed by atoms with Gasteiger partial charge in [0.05, 0.1) is 5.56 Å². The summed E-state index contributed by atoms with van der Waals surface area (Å²) in [7, 11) is 0. The molecule has 3 nitrogen and oxygen atoms in total. The van der Waals surface area contributed by atoms with Crippen LogP contribution in [0.25, 0.3) is 0 Å². The van der Waals surface area contributed by atoms with Gasteiger partial charge in [-0.2, -0.15) is 0 Å².